The lowest BCUT2D eigenvalue weighted by Crippen LogP contribution is -2.27. The Hall–Kier alpha value is -0.870. The van der Waals surface area contributed by atoms with Crippen LogP contribution in [0, 0.1) is 0 Å². The highest BCUT2D eigenvalue weighted by atomic mass is 32.2. The van der Waals surface area contributed by atoms with Crippen LogP contribution in [-0.4, -0.2) is 28.9 Å². The highest BCUT2D eigenvalue weighted by Crippen LogP contribution is 2.25. The zero-order chi connectivity index (χ0) is 12.3. The van der Waals surface area contributed by atoms with Crippen molar-refractivity contribution in [3.05, 3.63) is 29.3 Å². The second kappa shape index (κ2) is 5.65. The van der Waals surface area contributed by atoms with Crippen molar-refractivity contribution < 1.29 is 8.95 Å². The minimum absolute atomic E-state index is 0.202. The Bertz CT molecular complexity index is 420. The molecule has 0 aliphatic carbocycles. The maximum absolute atomic E-state index is 11.2. The molecule has 1 aliphatic rings. The second-order valence-electron chi connectivity index (χ2n) is 4.48. The third-order valence-electron chi connectivity index (χ3n) is 3.08. The molecule has 0 radical (unpaired) electrons. The molecule has 2 unspecified atom stereocenters. The van der Waals surface area contributed by atoms with Gasteiger partial charge in [-0.15, -0.1) is 0 Å². The second-order valence-corrected chi connectivity index (χ2v) is 6.28. The van der Waals surface area contributed by atoms with Gasteiger partial charge < -0.3 is 10.1 Å². The van der Waals surface area contributed by atoms with Crippen LogP contribution in [-0.2, 0) is 23.8 Å². The first-order valence-electron chi connectivity index (χ1n) is 5.94. The molecule has 1 N–H and O–H groups in total. The van der Waals surface area contributed by atoms with E-state index in [-0.39, 0.29) is 5.25 Å². The van der Waals surface area contributed by atoms with Crippen LogP contribution in [0.15, 0.2) is 18.2 Å². The molecule has 1 aromatic rings. The summed E-state index contributed by atoms with van der Waals surface area (Å²) in [6.07, 6.45) is 2.76. The molecule has 3 nitrogen and oxygen atoms in total. The zero-order valence-corrected chi connectivity index (χ0v) is 11.2. The van der Waals surface area contributed by atoms with Gasteiger partial charge in [0.1, 0.15) is 5.75 Å². The number of benzene rings is 1. The highest BCUT2D eigenvalue weighted by Gasteiger charge is 2.12. The van der Waals surface area contributed by atoms with Crippen LogP contribution in [0.25, 0.3) is 0 Å². The first-order chi connectivity index (χ1) is 8.16. The van der Waals surface area contributed by atoms with Gasteiger partial charge in [0.15, 0.2) is 0 Å². The van der Waals surface area contributed by atoms with E-state index in [9.17, 15) is 4.21 Å². The average Bonchev–Trinajstić information content (AvgIpc) is 2.75. The van der Waals surface area contributed by atoms with E-state index in [4.69, 9.17) is 4.74 Å². The van der Waals surface area contributed by atoms with Crippen LogP contribution in [0.5, 0.6) is 5.75 Å². The topological polar surface area (TPSA) is 38.3 Å². The number of hydrogen-bond donors (Lipinski definition) is 1. The SMILES string of the molecule is CC(CNCc1ccc2c(c1)CCO2)S(C)=O. The fourth-order valence-corrected chi connectivity index (χ4v) is 2.24. The van der Waals surface area contributed by atoms with Crippen LogP contribution in [0.3, 0.4) is 0 Å². The van der Waals surface area contributed by atoms with Gasteiger partial charge in [-0.1, -0.05) is 12.1 Å². The molecular weight excluding hydrogens is 234 g/mol. The lowest BCUT2D eigenvalue weighted by molar-refractivity contribution is 0.357. The molecule has 2 atom stereocenters. The summed E-state index contributed by atoms with van der Waals surface area (Å²) in [5.41, 5.74) is 2.57. The number of nitrogens with one attached hydrogen (secondary N) is 1. The van der Waals surface area contributed by atoms with E-state index in [0.29, 0.717) is 0 Å². The van der Waals surface area contributed by atoms with Crippen LogP contribution in [0.4, 0.5) is 0 Å². The Morgan fingerprint density at radius 1 is 1.53 bits per heavy atom. The summed E-state index contributed by atoms with van der Waals surface area (Å²) in [6, 6.07) is 6.33. The summed E-state index contributed by atoms with van der Waals surface area (Å²) in [5.74, 6) is 1.02. The molecule has 1 aromatic carbocycles. The maximum atomic E-state index is 11.2. The average molecular weight is 253 g/mol. The fraction of sp³-hybridized carbons (Fsp3) is 0.538. The number of rotatable bonds is 5. The van der Waals surface area contributed by atoms with E-state index in [0.717, 1.165) is 31.9 Å². The molecule has 2 rings (SSSR count). The van der Waals surface area contributed by atoms with Crippen LogP contribution < -0.4 is 10.1 Å². The van der Waals surface area contributed by atoms with Crippen LogP contribution in [0.2, 0.25) is 0 Å². The Morgan fingerprint density at radius 3 is 3.12 bits per heavy atom. The van der Waals surface area contributed by atoms with Crippen molar-refractivity contribution in [1.29, 1.82) is 0 Å². The predicted molar refractivity (Wildman–Crippen MR) is 70.9 cm³/mol. The predicted octanol–water partition coefficient (Wildman–Crippen LogP) is 1.48. The van der Waals surface area contributed by atoms with Crippen molar-refractivity contribution in [3.8, 4) is 5.75 Å². The highest BCUT2D eigenvalue weighted by molar-refractivity contribution is 7.84. The molecule has 4 heteroatoms. The summed E-state index contributed by atoms with van der Waals surface area (Å²) in [7, 11) is -0.750. The van der Waals surface area contributed by atoms with E-state index in [1.807, 2.05) is 13.0 Å². The first kappa shape index (κ1) is 12.6. The molecule has 0 saturated heterocycles. The molecule has 0 aromatic heterocycles. The third kappa shape index (κ3) is 3.30. The minimum atomic E-state index is -0.750. The van der Waals surface area contributed by atoms with Crippen molar-refractivity contribution >= 4 is 10.8 Å². The lowest BCUT2D eigenvalue weighted by Gasteiger charge is -2.10. The van der Waals surface area contributed by atoms with Crippen molar-refractivity contribution in [2.45, 2.75) is 25.1 Å². The van der Waals surface area contributed by atoms with Gasteiger partial charge >= 0.3 is 0 Å². The van der Waals surface area contributed by atoms with Gasteiger partial charge in [0.2, 0.25) is 0 Å². The van der Waals surface area contributed by atoms with E-state index in [1.165, 1.54) is 11.1 Å². The van der Waals surface area contributed by atoms with Crippen molar-refractivity contribution in [1.82, 2.24) is 5.32 Å². The molecule has 0 bridgehead atoms. The van der Waals surface area contributed by atoms with Crippen LogP contribution in [0.1, 0.15) is 18.1 Å². The molecule has 0 spiro atoms. The van der Waals surface area contributed by atoms with E-state index in [1.54, 1.807) is 6.26 Å². The zero-order valence-electron chi connectivity index (χ0n) is 10.4. The first-order valence-corrected chi connectivity index (χ1v) is 7.56. The van der Waals surface area contributed by atoms with Crippen LogP contribution >= 0.6 is 0 Å². The molecule has 17 heavy (non-hydrogen) atoms. The van der Waals surface area contributed by atoms with E-state index in [2.05, 4.69) is 17.4 Å². The summed E-state index contributed by atoms with van der Waals surface area (Å²) >= 11 is 0. The Kier molecular flexibility index (Phi) is 4.18. The summed E-state index contributed by atoms with van der Waals surface area (Å²) in [6.45, 7) is 4.42. The monoisotopic (exact) mass is 253 g/mol. The van der Waals surface area contributed by atoms with Gasteiger partial charge in [-0.3, -0.25) is 4.21 Å². The lowest BCUT2D eigenvalue weighted by atomic mass is 10.1. The molecule has 1 heterocycles. The summed E-state index contributed by atoms with van der Waals surface area (Å²) in [5, 5.41) is 3.54. The molecular formula is C13H19NO2S. The normalized spacial score (nSPS) is 17.3. The van der Waals surface area contributed by atoms with Gasteiger partial charge in [0, 0.05) is 41.8 Å². The van der Waals surface area contributed by atoms with Crippen molar-refractivity contribution in [3.63, 3.8) is 0 Å². The largest absolute Gasteiger partial charge is 0.493 e. The quantitative estimate of drug-likeness (QED) is 0.864. The molecule has 0 amide bonds. The summed E-state index contributed by atoms with van der Waals surface area (Å²) in [4.78, 5) is 0. The summed E-state index contributed by atoms with van der Waals surface area (Å²) < 4.78 is 16.7. The van der Waals surface area contributed by atoms with Gasteiger partial charge in [0.25, 0.3) is 0 Å². The van der Waals surface area contributed by atoms with E-state index >= 15 is 0 Å². The minimum Gasteiger partial charge on any atom is -0.493 e. The van der Waals surface area contributed by atoms with Gasteiger partial charge in [-0.2, -0.15) is 0 Å². The Balaban J connectivity index is 1.85. The molecule has 0 saturated carbocycles. The molecule has 94 valence electrons. The number of ether oxygens (including phenoxy) is 1. The van der Waals surface area contributed by atoms with Crippen molar-refractivity contribution in [2.75, 3.05) is 19.4 Å². The van der Waals surface area contributed by atoms with E-state index < -0.39 is 10.8 Å². The molecule has 1 aliphatic heterocycles. The van der Waals surface area contributed by atoms with Gasteiger partial charge in [-0.05, 0) is 24.1 Å². The maximum Gasteiger partial charge on any atom is 0.122 e. The smallest absolute Gasteiger partial charge is 0.122 e. The standard InChI is InChI=1S/C13H19NO2S/c1-10(17(2)15)8-14-9-11-3-4-13-12(7-11)5-6-16-13/h3-4,7,10,14H,5-6,8-9H2,1-2H3. The van der Waals surface area contributed by atoms with Crippen molar-refractivity contribution in [2.24, 2.45) is 0 Å². The Labute approximate surface area is 105 Å². The number of fused-ring (bicyclic) bond motifs is 1. The Morgan fingerprint density at radius 2 is 2.35 bits per heavy atom. The van der Waals surface area contributed by atoms with Gasteiger partial charge in [0.05, 0.1) is 6.61 Å². The fourth-order valence-electron chi connectivity index (χ4n) is 1.89. The third-order valence-corrected chi connectivity index (χ3v) is 4.38. The number of hydrogen-bond acceptors (Lipinski definition) is 3. The van der Waals surface area contributed by atoms with Gasteiger partial charge in [-0.25, -0.2) is 0 Å². The molecule has 0 fully saturated rings.